The third-order valence-electron chi connectivity index (χ3n) is 3.30. The maximum atomic E-state index is 12.5. The van der Waals surface area contributed by atoms with Gasteiger partial charge < -0.3 is 16.0 Å². The number of carbonyl (C=O) groups is 1. The number of aliphatic imine (C=N–C) groups is 1. The summed E-state index contributed by atoms with van der Waals surface area (Å²) in [7, 11) is 1.52. The predicted molar refractivity (Wildman–Crippen MR) is 113 cm³/mol. The lowest BCUT2D eigenvalue weighted by molar-refractivity contribution is -0.140. The zero-order valence-electron chi connectivity index (χ0n) is 15.1. The SMILES string of the molecule is CN=C(NCCC(=O)Nc1ccc(C)cn1)NCc1nc(C(F)(F)F)cs1.I. The Balaban J connectivity index is 0.00000392. The summed E-state index contributed by atoms with van der Waals surface area (Å²) < 4.78 is 37.6. The molecule has 7 nitrogen and oxygen atoms in total. The van der Waals surface area contributed by atoms with Crippen LogP contribution < -0.4 is 16.0 Å². The Labute approximate surface area is 181 Å². The fourth-order valence-corrected chi connectivity index (χ4v) is 2.68. The van der Waals surface area contributed by atoms with Gasteiger partial charge in [0.1, 0.15) is 10.8 Å². The summed E-state index contributed by atoms with van der Waals surface area (Å²) in [6, 6.07) is 3.56. The van der Waals surface area contributed by atoms with Gasteiger partial charge in [-0.25, -0.2) is 9.97 Å². The van der Waals surface area contributed by atoms with Crippen molar-refractivity contribution < 1.29 is 18.0 Å². The number of rotatable bonds is 6. The van der Waals surface area contributed by atoms with E-state index in [0.29, 0.717) is 18.3 Å². The van der Waals surface area contributed by atoms with Crippen LogP contribution in [0, 0.1) is 6.92 Å². The number of hydrogen-bond donors (Lipinski definition) is 3. The van der Waals surface area contributed by atoms with Gasteiger partial charge in [0.25, 0.3) is 0 Å². The first kappa shape index (κ1) is 24.1. The molecule has 0 aliphatic heterocycles. The van der Waals surface area contributed by atoms with Gasteiger partial charge >= 0.3 is 6.18 Å². The lowest BCUT2D eigenvalue weighted by atomic mass is 10.3. The smallest absolute Gasteiger partial charge is 0.356 e. The maximum absolute atomic E-state index is 12.5. The lowest BCUT2D eigenvalue weighted by Crippen LogP contribution is -2.38. The van der Waals surface area contributed by atoms with Crippen LogP contribution in [0.3, 0.4) is 0 Å². The standard InChI is InChI=1S/C16H19F3N6OS.HI/c1-10-3-4-12(22-7-10)25-13(26)5-6-21-15(20-2)23-8-14-24-11(9-27-14)16(17,18)19;/h3-4,7,9H,5-6,8H2,1-2H3,(H2,20,21,23)(H,22,25,26);1H. The number of nitrogens with zero attached hydrogens (tertiary/aromatic N) is 3. The van der Waals surface area contributed by atoms with Crippen LogP contribution in [0.2, 0.25) is 0 Å². The van der Waals surface area contributed by atoms with E-state index in [0.717, 1.165) is 22.3 Å². The highest BCUT2D eigenvalue weighted by Gasteiger charge is 2.33. The molecule has 0 atom stereocenters. The Morgan fingerprint density at radius 2 is 2.04 bits per heavy atom. The molecule has 0 bridgehead atoms. The number of thiazole rings is 1. The van der Waals surface area contributed by atoms with Crippen molar-refractivity contribution in [1.29, 1.82) is 0 Å². The van der Waals surface area contributed by atoms with E-state index in [1.807, 2.05) is 13.0 Å². The Bertz CT molecular complexity index is 794. The number of aryl methyl sites for hydroxylation is 1. The molecule has 2 aromatic heterocycles. The molecule has 0 saturated heterocycles. The quantitative estimate of drug-likeness (QED) is 0.305. The van der Waals surface area contributed by atoms with Gasteiger partial charge in [-0.3, -0.25) is 9.79 Å². The van der Waals surface area contributed by atoms with Crippen LogP contribution in [0.15, 0.2) is 28.7 Å². The van der Waals surface area contributed by atoms with Crippen molar-refractivity contribution in [3.05, 3.63) is 40.0 Å². The topological polar surface area (TPSA) is 91.3 Å². The molecular weight excluding hydrogens is 508 g/mol. The molecule has 0 aliphatic carbocycles. The highest BCUT2D eigenvalue weighted by molar-refractivity contribution is 14.0. The molecule has 0 radical (unpaired) electrons. The van der Waals surface area contributed by atoms with E-state index in [-0.39, 0.29) is 47.9 Å². The summed E-state index contributed by atoms with van der Waals surface area (Å²) in [6.07, 6.45) is -2.62. The molecule has 0 spiro atoms. The molecule has 2 aromatic rings. The van der Waals surface area contributed by atoms with E-state index >= 15 is 0 Å². The van der Waals surface area contributed by atoms with Crippen LogP contribution in [-0.4, -0.2) is 35.4 Å². The molecular formula is C16H20F3IN6OS. The number of hydrogen-bond acceptors (Lipinski definition) is 5. The van der Waals surface area contributed by atoms with Crippen molar-refractivity contribution in [2.45, 2.75) is 26.1 Å². The van der Waals surface area contributed by atoms with E-state index in [1.54, 1.807) is 12.3 Å². The van der Waals surface area contributed by atoms with E-state index in [2.05, 4.69) is 30.9 Å². The summed E-state index contributed by atoms with van der Waals surface area (Å²) in [4.78, 5) is 23.4. The average Bonchev–Trinajstić information content (AvgIpc) is 3.09. The van der Waals surface area contributed by atoms with E-state index in [1.165, 1.54) is 7.05 Å². The van der Waals surface area contributed by atoms with Crippen LogP contribution in [0.1, 0.15) is 22.7 Å². The molecule has 0 aromatic carbocycles. The molecule has 28 heavy (non-hydrogen) atoms. The van der Waals surface area contributed by atoms with E-state index in [9.17, 15) is 18.0 Å². The highest BCUT2D eigenvalue weighted by Crippen LogP contribution is 2.29. The van der Waals surface area contributed by atoms with Crippen molar-refractivity contribution in [2.75, 3.05) is 18.9 Å². The maximum Gasteiger partial charge on any atom is 0.434 e. The summed E-state index contributed by atoms with van der Waals surface area (Å²) >= 11 is 0.912. The van der Waals surface area contributed by atoms with Gasteiger partial charge in [-0.1, -0.05) is 6.07 Å². The molecule has 0 aliphatic rings. The van der Waals surface area contributed by atoms with Crippen LogP contribution in [-0.2, 0) is 17.5 Å². The average molecular weight is 528 g/mol. The number of nitrogens with one attached hydrogen (secondary N) is 3. The fraction of sp³-hybridized carbons (Fsp3) is 0.375. The second kappa shape index (κ2) is 11.1. The second-order valence-corrected chi connectivity index (χ2v) is 6.44. The van der Waals surface area contributed by atoms with Crippen molar-refractivity contribution >= 4 is 53.0 Å². The monoisotopic (exact) mass is 528 g/mol. The first-order chi connectivity index (χ1) is 12.8. The van der Waals surface area contributed by atoms with Crippen LogP contribution in [0.4, 0.5) is 19.0 Å². The first-order valence-electron chi connectivity index (χ1n) is 7.96. The summed E-state index contributed by atoms with van der Waals surface area (Å²) in [5.74, 6) is 0.612. The minimum absolute atomic E-state index is 0. The Morgan fingerprint density at radius 1 is 1.29 bits per heavy atom. The number of halogens is 4. The van der Waals surface area contributed by atoms with Crippen molar-refractivity contribution in [3.63, 3.8) is 0 Å². The summed E-state index contributed by atoms with van der Waals surface area (Å²) in [5.41, 5.74) is 0.0840. The zero-order chi connectivity index (χ0) is 19.9. The minimum Gasteiger partial charge on any atom is -0.356 e. The molecule has 0 fully saturated rings. The van der Waals surface area contributed by atoms with Gasteiger partial charge in [0.05, 0.1) is 6.54 Å². The molecule has 2 rings (SSSR count). The highest BCUT2D eigenvalue weighted by atomic mass is 127. The third kappa shape index (κ3) is 7.96. The van der Waals surface area contributed by atoms with Gasteiger partial charge in [0, 0.05) is 31.6 Å². The van der Waals surface area contributed by atoms with Gasteiger partial charge in [-0.05, 0) is 18.6 Å². The van der Waals surface area contributed by atoms with Crippen LogP contribution in [0.5, 0.6) is 0 Å². The minimum atomic E-state index is -4.45. The van der Waals surface area contributed by atoms with Crippen molar-refractivity contribution in [2.24, 2.45) is 4.99 Å². The number of alkyl halides is 3. The van der Waals surface area contributed by atoms with Crippen LogP contribution >= 0.6 is 35.3 Å². The second-order valence-electron chi connectivity index (χ2n) is 5.50. The Hall–Kier alpha value is -1.96. The number of pyridine rings is 1. The van der Waals surface area contributed by atoms with E-state index < -0.39 is 11.9 Å². The molecule has 3 N–H and O–H groups in total. The predicted octanol–water partition coefficient (Wildman–Crippen LogP) is 3.18. The molecule has 12 heteroatoms. The normalized spacial score (nSPS) is 11.5. The fourth-order valence-electron chi connectivity index (χ4n) is 1.94. The molecule has 1 amide bonds. The van der Waals surface area contributed by atoms with Gasteiger partial charge in [0.15, 0.2) is 11.7 Å². The summed E-state index contributed by atoms with van der Waals surface area (Å²) in [5, 5.41) is 9.70. The Kier molecular flexibility index (Phi) is 9.58. The van der Waals surface area contributed by atoms with Crippen LogP contribution in [0.25, 0.3) is 0 Å². The van der Waals surface area contributed by atoms with Gasteiger partial charge in [-0.15, -0.1) is 35.3 Å². The molecule has 2 heterocycles. The number of aromatic nitrogens is 2. The third-order valence-corrected chi connectivity index (χ3v) is 4.15. The van der Waals surface area contributed by atoms with Gasteiger partial charge in [-0.2, -0.15) is 13.2 Å². The number of carbonyl (C=O) groups excluding carboxylic acids is 1. The zero-order valence-corrected chi connectivity index (χ0v) is 18.3. The largest absolute Gasteiger partial charge is 0.434 e. The summed E-state index contributed by atoms with van der Waals surface area (Å²) in [6.45, 7) is 2.29. The molecule has 0 unspecified atom stereocenters. The van der Waals surface area contributed by atoms with Gasteiger partial charge in [0.2, 0.25) is 5.91 Å². The number of guanidine groups is 1. The van der Waals surface area contributed by atoms with Crippen molar-refractivity contribution in [1.82, 2.24) is 20.6 Å². The molecule has 0 saturated carbocycles. The number of amides is 1. The Morgan fingerprint density at radius 3 is 2.61 bits per heavy atom. The first-order valence-corrected chi connectivity index (χ1v) is 8.84. The lowest BCUT2D eigenvalue weighted by Gasteiger charge is -2.11. The van der Waals surface area contributed by atoms with E-state index in [4.69, 9.17) is 0 Å². The molecule has 154 valence electrons. The van der Waals surface area contributed by atoms with Crippen molar-refractivity contribution in [3.8, 4) is 0 Å². The number of anilines is 1.